The van der Waals surface area contributed by atoms with Crippen molar-refractivity contribution < 1.29 is 15.0 Å². The normalized spacial score (nSPS) is 23.9. The number of nitrogens with zero attached hydrogens (tertiary/aromatic N) is 1. The molecule has 1 aromatic carbocycles. The van der Waals surface area contributed by atoms with Gasteiger partial charge in [-0.05, 0) is 37.3 Å². The van der Waals surface area contributed by atoms with E-state index >= 15 is 0 Å². The number of carbonyl (C=O) groups is 1. The van der Waals surface area contributed by atoms with Crippen LogP contribution in [0.25, 0.3) is 0 Å². The number of aliphatic hydroxyl groups is 2. The maximum atomic E-state index is 12.5. The van der Waals surface area contributed by atoms with Gasteiger partial charge in [-0.1, -0.05) is 44.2 Å². The topological polar surface area (TPSA) is 72.8 Å². The van der Waals surface area contributed by atoms with E-state index in [2.05, 4.69) is 19.2 Å². The van der Waals surface area contributed by atoms with Crippen LogP contribution in [0.2, 0.25) is 0 Å². The summed E-state index contributed by atoms with van der Waals surface area (Å²) in [5.41, 5.74) is -0.129. The Bertz CT molecular complexity index is 535. The molecule has 1 saturated heterocycles. The second-order valence-corrected chi connectivity index (χ2v) is 7.57. The van der Waals surface area contributed by atoms with Crippen LogP contribution >= 0.6 is 0 Å². The third-order valence-corrected chi connectivity index (χ3v) is 4.91. The van der Waals surface area contributed by atoms with Crippen molar-refractivity contribution in [2.75, 3.05) is 26.2 Å². The van der Waals surface area contributed by atoms with Gasteiger partial charge in [0.25, 0.3) is 0 Å². The van der Waals surface area contributed by atoms with Crippen molar-refractivity contribution in [1.29, 1.82) is 0 Å². The van der Waals surface area contributed by atoms with Crippen LogP contribution in [0.3, 0.4) is 0 Å². The summed E-state index contributed by atoms with van der Waals surface area (Å²) in [4.78, 5) is 14.2. The fourth-order valence-corrected chi connectivity index (χ4v) is 3.20. The van der Waals surface area contributed by atoms with Gasteiger partial charge in [-0.25, -0.2) is 0 Å². The summed E-state index contributed by atoms with van der Waals surface area (Å²) in [5, 5.41) is 24.2. The van der Waals surface area contributed by atoms with Gasteiger partial charge in [-0.15, -0.1) is 0 Å². The minimum absolute atomic E-state index is 0.0383. The van der Waals surface area contributed by atoms with Crippen LogP contribution in [-0.4, -0.2) is 58.9 Å². The predicted octanol–water partition coefficient (Wildman–Crippen LogP) is 1.58. The van der Waals surface area contributed by atoms with Gasteiger partial charge in [0.2, 0.25) is 5.91 Å². The van der Waals surface area contributed by atoms with Gasteiger partial charge < -0.3 is 20.4 Å². The molecule has 1 heterocycles. The molecule has 2 rings (SSSR count). The van der Waals surface area contributed by atoms with Crippen LogP contribution in [0.15, 0.2) is 30.3 Å². The van der Waals surface area contributed by atoms with E-state index in [9.17, 15) is 15.0 Å². The lowest BCUT2D eigenvalue weighted by Gasteiger charge is -2.43. The molecule has 3 N–H and O–H groups in total. The number of nitrogens with one attached hydrogen (secondary N) is 1. The third-order valence-electron chi connectivity index (χ3n) is 4.91. The number of rotatable bonds is 8. The number of carbonyl (C=O) groups excluding carboxylic acids is 1. The Morgan fingerprint density at radius 2 is 2.08 bits per heavy atom. The third kappa shape index (κ3) is 6.10. The highest BCUT2D eigenvalue weighted by Gasteiger charge is 2.41. The molecule has 1 aliphatic rings. The minimum atomic E-state index is -1.27. The number of β-amino-alcohol motifs (C(OH)–C–C–N with tert-alkyl or cyclic N) is 1. The van der Waals surface area contributed by atoms with E-state index in [4.69, 9.17) is 0 Å². The molecule has 25 heavy (non-hydrogen) atoms. The highest BCUT2D eigenvalue weighted by Crippen LogP contribution is 2.22. The second kappa shape index (κ2) is 9.32. The summed E-state index contributed by atoms with van der Waals surface area (Å²) in [6.07, 6.45) is 1.77. The molecular weight excluding hydrogens is 316 g/mol. The van der Waals surface area contributed by atoms with Crippen LogP contribution in [-0.2, 0) is 11.2 Å². The van der Waals surface area contributed by atoms with Crippen LogP contribution in [0, 0.1) is 5.92 Å². The van der Waals surface area contributed by atoms with Crippen LogP contribution < -0.4 is 5.32 Å². The molecule has 0 aliphatic carbocycles. The highest BCUT2D eigenvalue weighted by atomic mass is 16.3. The number of likely N-dealkylation sites (tertiary alicyclic amines) is 1. The van der Waals surface area contributed by atoms with Crippen LogP contribution in [0.1, 0.15) is 38.7 Å². The molecule has 0 saturated carbocycles. The van der Waals surface area contributed by atoms with E-state index in [0.29, 0.717) is 38.3 Å². The Labute approximate surface area is 151 Å². The first-order valence-corrected chi connectivity index (χ1v) is 9.33. The average molecular weight is 348 g/mol. The summed E-state index contributed by atoms with van der Waals surface area (Å²) in [5.74, 6) is 0.630. The molecule has 1 aromatic rings. The van der Waals surface area contributed by atoms with Crippen molar-refractivity contribution in [1.82, 2.24) is 10.2 Å². The molecule has 0 aromatic heterocycles. The smallest absolute Gasteiger partial charge is 0.223 e. The van der Waals surface area contributed by atoms with E-state index in [-0.39, 0.29) is 12.5 Å². The maximum absolute atomic E-state index is 12.5. The van der Waals surface area contributed by atoms with Gasteiger partial charge in [0.15, 0.2) is 0 Å². The number of piperidine rings is 1. The molecule has 0 spiro atoms. The predicted molar refractivity (Wildman–Crippen MR) is 99.2 cm³/mol. The van der Waals surface area contributed by atoms with Crippen LogP contribution in [0.5, 0.6) is 0 Å². The zero-order chi connectivity index (χ0) is 18.3. The number of benzene rings is 1. The average Bonchev–Trinajstić information content (AvgIpc) is 2.60. The van der Waals surface area contributed by atoms with Gasteiger partial charge in [-0.2, -0.15) is 0 Å². The van der Waals surface area contributed by atoms with E-state index in [1.165, 1.54) is 0 Å². The summed E-state index contributed by atoms with van der Waals surface area (Å²) >= 11 is 0. The summed E-state index contributed by atoms with van der Waals surface area (Å²) in [7, 11) is 0. The molecule has 1 amide bonds. The molecule has 140 valence electrons. The molecule has 0 radical (unpaired) electrons. The number of hydrogen-bond donors (Lipinski definition) is 3. The molecule has 0 bridgehead atoms. The monoisotopic (exact) mass is 348 g/mol. The van der Waals surface area contributed by atoms with E-state index in [1.807, 2.05) is 30.3 Å². The largest absolute Gasteiger partial charge is 0.390 e. The van der Waals surface area contributed by atoms with Crippen LogP contribution in [0.4, 0.5) is 0 Å². The molecule has 1 fully saturated rings. The highest BCUT2D eigenvalue weighted by molar-refractivity contribution is 5.76. The number of aliphatic hydroxyl groups excluding tert-OH is 1. The van der Waals surface area contributed by atoms with E-state index < -0.39 is 11.7 Å². The fraction of sp³-hybridized carbons (Fsp3) is 0.650. The van der Waals surface area contributed by atoms with Gasteiger partial charge in [-0.3, -0.25) is 4.79 Å². The standard InChI is InChI=1S/C20H32N2O3/c1-16(2)10-12-21-14-20(25)15-22(13-11-18(20)23)19(24)9-8-17-6-4-3-5-7-17/h3-7,16,18,21,23,25H,8-15H2,1-2H3/t18-,20+/m1/s1. The summed E-state index contributed by atoms with van der Waals surface area (Å²) in [6.45, 7) is 6.11. The second-order valence-electron chi connectivity index (χ2n) is 7.57. The molecule has 5 heteroatoms. The first kappa shape index (κ1) is 19.9. The molecule has 1 aliphatic heterocycles. The van der Waals surface area contributed by atoms with Crippen molar-refractivity contribution in [2.24, 2.45) is 5.92 Å². The molecule has 0 unspecified atom stereocenters. The Balaban J connectivity index is 1.84. The first-order valence-electron chi connectivity index (χ1n) is 9.33. The Morgan fingerprint density at radius 1 is 1.36 bits per heavy atom. The van der Waals surface area contributed by atoms with Gasteiger partial charge in [0.05, 0.1) is 12.6 Å². The number of hydrogen-bond acceptors (Lipinski definition) is 4. The van der Waals surface area contributed by atoms with Gasteiger partial charge in [0, 0.05) is 19.5 Å². The fourth-order valence-electron chi connectivity index (χ4n) is 3.20. The van der Waals surface area contributed by atoms with Crippen molar-refractivity contribution in [3.8, 4) is 0 Å². The quantitative estimate of drug-likeness (QED) is 0.624. The zero-order valence-electron chi connectivity index (χ0n) is 15.4. The minimum Gasteiger partial charge on any atom is -0.390 e. The molecule has 5 nitrogen and oxygen atoms in total. The van der Waals surface area contributed by atoms with E-state index in [0.717, 1.165) is 18.5 Å². The molecular formula is C20H32N2O3. The lowest BCUT2D eigenvalue weighted by atomic mass is 9.89. The molecule has 2 atom stereocenters. The summed E-state index contributed by atoms with van der Waals surface area (Å²) in [6, 6.07) is 9.94. The summed E-state index contributed by atoms with van der Waals surface area (Å²) < 4.78 is 0. The van der Waals surface area contributed by atoms with E-state index in [1.54, 1.807) is 4.90 Å². The lowest BCUT2D eigenvalue weighted by Crippen LogP contribution is -2.62. The van der Waals surface area contributed by atoms with Gasteiger partial charge in [0.1, 0.15) is 5.60 Å². The maximum Gasteiger partial charge on any atom is 0.223 e. The Hall–Kier alpha value is -1.43. The van der Waals surface area contributed by atoms with Crippen molar-refractivity contribution in [3.63, 3.8) is 0 Å². The number of amides is 1. The zero-order valence-corrected chi connectivity index (χ0v) is 15.4. The van der Waals surface area contributed by atoms with Crippen molar-refractivity contribution >= 4 is 5.91 Å². The lowest BCUT2D eigenvalue weighted by molar-refractivity contribution is -0.150. The Kier molecular flexibility index (Phi) is 7.41. The number of aryl methyl sites for hydroxylation is 1. The SMILES string of the molecule is CC(C)CCNC[C@]1(O)CN(C(=O)CCc2ccccc2)CC[C@H]1O. The first-order chi connectivity index (χ1) is 11.9. The Morgan fingerprint density at radius 3 is 2.76 bits per heavy atom. The van der Waals surface area contributed by atoms with Gasteiger partial charge >= 0.3 is 0 Å². The van der Waals surface area contributed by atoms with Crippen molar-refractivity contribution in [3.05, 3.63) is 35.9 Å². The van der Waals surface area contributed by atoms with Crippen molar-refractivity contribution in [2.45, 2.75) is 51.2 Å².